The Bertz CT molecular complexity index is 293. The molecule has 0 aliphatic heterocycles. The van der Waals surface area contributed by atoms with Crippen molar-refractivity contribution in [2.45, 2.75) is 51.4 Å². The molecule has 0 atom stereocenters. The molecular weight excluding hydrogens is 584 g/mol. The molecule has 0 spiro atoms. The molecule has 0 saturated carbocycles. The molecule has 0 bridgehead atoms. The highest BCUT2D eigenvalue weighted by Crippen LogP contribution is 2.06. The Labute approximate surface area is 230 Å². The zero-order valence-electron chi connectivity index (χ0n) is 23.5. The third-order valence-corrected chi connectivity index (χ3v) is 4.82. The van der Waals surface area contributed by atoms with E-state index in [-0.39, 0.29) is 50.9 Å². The molecule has 0 amide bonds. The standard InChI is InChI=1S/2C12H30N2.3BrH/c2*1-13(2,3)11-9-7-8-10-12-14(4,5)6;;;/h2*7-12H2,1-6H3;3*1H/q2*+2;;;. The van der Waals surface area contributed by atoms with Crippen LogP contribution < -0.4 is 0 Å². The van der Waals surface area contributed by atoms with Gasteiger partial charge in [0.2, 0.25) is 0 Å². The first-order valence-corrected chi connectivity index (χ1v) is 11.6. The summed E-state index contributed by atoms with van der Waals surface area (Å²) in [5, 5.41) is 0. The highest BCUT2D eigenvalue weighted by molar-refractivity contribution is 8.93. The molecular formula is C24H63Br3N4+4. The van der Waals surface area contributed by atoms with E-state index in [1.54, 1.807) is 0 Å². The number of quaternary nitrogens is 4. The molecule has 0 unspecified atom stereocenters. The second-order valence-electron chi connectivity index (χ2n) is 12.9. The molecule has 0 aromatic heterocycles. The predicted molar refractivity (Wildman–Crippen MR) is 159 cm³/mol. The number of halogens is 3. The Morgan fingerprint density at radius 1 is 0.258 bits per heavy atom. The average Bonchev–Trinajstić information content (AvgIpc) is 2.43. The lowest BCUT2D eigenvalue weighted by Gasteiger charge is -2.25. The molecule has 0 heterocycles. The van der Waals surface area contributed by atoms with Crippen LogP contribution in [0.15, 0.2) is 0 Å². The first-order chi connectivity index (χ1) is 12.4. The van der Waals surface area contributed by atoms with E-state index in [0.717, 1.165) is 17.9 Å². The molecule has 7 heteroatoms. The Morgan fingerprint density at radius 2 is 0.387 bits per heavy atom. The van der Waals surface area contributed by atoms with Gasteiger partial charge < -0.3 is 17.9 Å². The number of hydrogen-bond donors (Lipinski definition) is 0. The fourth-order valence-electron chi connectivity index (χ4n) is 3.05. The van der Waals surface area contributed by atoms with E-state index in [0.29, 0.717) is 0 Å². The lowest BCUT2D eigenvalue weighted by molar-refractivity contribution is -0.871. The Balaban J connectivity index is -0.000000133. The van der Waals surface area contributed by atoms with Crippen molar-refractivity contribution in [1.82, 2.24) is 0 Å². The predicted octanol–water partition coefficient (Wildman–Crippen LogP) is 5.65. The second-order valence-corrected chi connectivity index (χ2v) is 12.9. The maximum atomic E-state index is 2.27. The van der Waals surface area contributed by atoms with Crippen molar-refractivity contribution in [2.24, 2.45) is 0 Å². The Hall–Kier alpha value is 1.28. The second kappa shape index (κ2) is 20.6. The summed E-state index contributed by atoms with van der Waals surface area (Å²) in [6.07, 6.45) is 11.1. The van der Waals surface area contributed by atoms with Crippen molar-refractivity contribution >= 4 is 50.9 Å². The van der Waals surface area contributed by atoms with Gasteiger partial charge in [0, 0.05) is 0 Å². The minimum Gasteiger partial charge on any atom is -0.331 e. The van der Waals surface area contributed by atoms with Crippen LogP contribution in [0, 0.1) is 0 Å². The Morgan fingerprint density at radius 3 is 0.484 bits per heavy atom. The molecule has 0 aliphatic carbocycles. The van der Waals surface area contributed by atoms with E-state index in [4.69, 9.17) is 0 Å². The van der Waals surface area contributed by atoms with Crippen molar-refractivity contribution in [3.8, 4) is 0 Å². The summed E-state index contributed by atoms with van der Waals surface area (Å²) in [6.45, 7) is 5.24. The molecule has 0 N–H and O–H groups in total. The molecule has 4 nitrogen and oxygen atoms in total. The molecule has 0 saturated heterocycles. The molecule has 0 aromatic rings. The van der Waals surface area contributed by atoms with Gasteiger partial charge in [-0.2, -0.15) is 0 Å². The number of hydrogen-bond acceptors (Lipinski definition) is 0. The van der Waals surface area contributed by atoms with Crippen LogP contribution in [-0.2, 0) is 0 Å². The monoisotopic (exact) mass is 644 g/mol. The quantitative estimate of drug-likeness (QED) is 0.169. The van der Waals surface area contributed by atoms with Gasteiger partial charge in [0.25, 0.3) is 0 Å². The van der Waals surface area contributed by atoms with Crippen molar-refractivity contribution in [3.05, 3.63) is 0 Å². The third kappa shape index (κ3) is 49.5. The summed E-state index contributed by atoms with van der Waals surface area (Å²) < 4.78 is 4.43. The number of rotatable bonds is 14. The van der Waals surface area contributed by atoms with Crippen LogP contribution in [0.2, 0.25) is 0 Å². The van der Waals surface area contributed by atoms with E-state index in [2.05, 4.69) is 84.6 Å². The number of unbranched alkanes of at least 4 members (excludes halogenated alkanes) is 6. The fraction of sp³-hybridized carbons (Fsp3) is 1.00. The third-order valence-electron chi connectivity index (χ3n) is 4.82. The minimum absolute atomic E-state index is 0. The molecule has 0 rings (SSSR count). The minimum atomic E-state index is 0. The first-order valence-electron chi connectivity index (χ1n) is 11.6. The smallest absolute Gasteiger partial charge is 0.0780 e. The summed E-state index contributed by atoms with van der Waals surface area (Å²) in [7, 11) is 27.2. The summed E-state index contributed by atoms with van der Waals surface area (Å²) >= 11 is 0. The van der Waals surface area contributed by atoms with Crippen LogP contribution in [0.4, 0.5) is 0 Å². The van der Waals surface area contributed by atoms with Gasteiger partial charge in [-0.1, -0.05) is 0 Å². The van der Waals surface area contributed by atoms with E-state index < -0.39 is 0 Å². The van der Waals surface area contributed by atoms with Gasteiger partial charge in [0.15, 0.2) is 0 Å². The summed E-state index contributed by atoms with van der Waals surface area (Å²) in [6, 6.07) is 0. The van der Waals surface area contributed by atoms with Crippen LogP contribution in [0.3, 0.4) is 0 Å². The van der Waals surface area contributed by atoms with Crippen LogP contribution in [0.1, 0.15) is 51.4 Å². The lowest BCUT2D eigenvalue weighted by Crippen LogP contribution is -2.35. The number of nitrogens with zero attached hydrogens (tertiary/aromatic N) is 4. The molecule has 0 aromatic carbocycles. The zero-order valence-corrected chi connectivity index (χ0v) is 28.6. The maximum absolute atomic E-state index is 2.27. The maximum Gasteiger partial charge on any atom is 0.0780 e. The van der Waals surface area contributed by atoms with Crippen molar-refractivity contribution in [2.75, 3.05) is 111 Å². The molecule has 196 valence electrons. The zero-order chi connectivity index (χ0) is 22.5. The van der Waals surface area contributed by atoms with Gasteiger partial charge in [-0.15, -0.1) is 50.9 Å². The largest absolute Gasteiger partial charge is 0.331 e. The van der Waals surface area contributed by atoms with Crippen molar-refractivity contribution in [3.63, 3.8) is 0 Å². The summed E-state index contributed by atoms with van der Waals surface area (Å²) in [5.74, 6) is 0. The van der Waals surface area contributed by atoms with Gasteiger partial charge in [-0.25, -0.2) is 0 Å². The van der Waals surface area contributed by atoms with Crippen molar-refractivity contribution < 1.29 is 17.9 Å². The first kappa shape index (κ1) is 42.4. The SMILES string of the molecule is Br.Br.Br.C[N+](C)(C)CCCCCC[N+](C)(C)C.C[N+](C)(C)CCCCCC[N+](C)(C)C. The van der Waals surface area contributed by atoms with Gasteiger partial charge >= 0.3 is 0 Å². The molecule has 0 fully saturated rings. The van der Waals surface area contributed by atoms with Gasteiger partial charge in [0.1, 0.15) is 0 Å². The fourth-order valence-corrected chi connectivity index (χ4v) is 3.05. The summed E-state index contributed by atoms with van der Waals surface area (Å²) in [4.78, 5) is 0. The average molecular weight is 648 g/mol. The Kier molecular flexibility index (Phi) is 28.3. The molecule has 0 aliphatic rings. The van der Waals surface area contributed by atoms with Crippen LogP contribution in [0.5, 0.6) is 0 Å². The van der Waals surface area contributed by atoms with E-state index in [1.807, 2.05) is 0 Å². The van der Waals surface area contributed by atoms with Crippen LogP contribution >= 0.6 is 50.9 Å². The topological polar surface area (TPSA) is 0 Å². The van der Waals surface area contributed by atoms with E-state index >= 15 is 0 Å². The highest BCUT2D eigenvalue weighted by atomic mass is 79.9. The lowest BCUT2D eigenvalue weighted by atomic mass is 10.1. The van der Waals surface area contributed by atoms with Gasteiger partial charge in [0.05, 0.1) is 111 Å². The van der Waals surface area contributed by atoms with Crippen LogP contribution in [0.25, 0.3) is 0 Å². The molecule has 0 radical (unpaired) electrons. The highest BCUT2D eigenvalue weighted by Gasteiger charge is 2.09. The van der Waals surface area contributed by atoms with E-state index in [1.165, 1.54) is 77.5 Å². The molecule has 31 heavy (non-hydrogen) atoms. The van der Waals surface area contributed by atoms with E-state index in [9.17, 15) is 0 Å². The van der Waals surface area contributed by atoms with Gasteiger partial charge in [-0.05, 0) is 51.4 Å². The van der Waals surface area contributed by atoms with Crippen molar-refractivity contribution in [1.29, 1.82) is 0 Å². The van der Waals surface area contributed by atoms with Gasteiger partial charge in [-0.3, -0.25) is 0 Å². The van der Waals surface area contributed by atoms with Crippen LogP contribution in [-0.4, -0.2) is 129 Å². The summed E-state index contributed by atoms with van der Waals surface area (Å²) in [5.41, 5.74) is 0. The normalized spacial score (nSPS) is 12.0.